The van der Waals surface area contributed by atoms with Gasteiger partial charge in [-0.2, -0.15) is 4.98 Å². The standard InChI is InChI=1S/C17H14BrN7.CH4/c1-10-2-3-11(18)8-14(10)15-9-16(23-17(19)22-15)21-12-4-6-13(7-5-12)24-25-20;/h2-9H,1H3,(H3,19,21,22,23);1H4. The Labute approximate surface area is 160 Å². The number of benzene rings is 2. The molecule has 0 spiro atoms. The summed E-state index contributed by atoms with van der Waals surface area (Å²) in [4.78, 5) is 11.3. The highest BCUT2D eigenvalue weighted by Gasteiger charge is 2.08. The molecule has 0 saturated heterocycles. The van der Waals surface area contributed by atoms with Crippen molar-refractivity contribution in [2.45, 2.75) is 14.4 Å². The maximum absolute atomic E-state index is 8.44. The van der Waals surface area contributed by atoms with E-state index in [1.54, 1.807) is 24.3 Å². The average molecular weight is 412 g/mol. The van der Waals surface area contributed by atoms with Crippen LogP contribution in [0.1, 0.15) is 13.0 Å². The van der Waals surface area contributed by atoms with Crippen LogP contribution >= 0.6 is 15.9 Å². The fourth-order valence-corrected chi connectivity index (χ4v) is 2.71. The fraction of sp³-hybridized carbons (Fsp3) is 0.111. The van der Waals surface area contributed by atoms with Crippen LogP contribution in [0.15, 0.2) is 58.1 Å². The molecule has 0 atom stereocenters. The number of aryl methyl sites for hydroxylation is 1. The minimum absolute atomic E-state index is 0. The quantitative estimate of drug-likeness (QED) is 0.305. The highest BCUT2D eigenvalue weighted by molar-refractivity contribution is 9.10. The summed E-state index contributed by atoms with van der Waals surface area (Å²) in [5, 5.41) is 6.72. The molecule has 0 bridgehead atoms. The molecule has 0 aliphatic rings. The van der Waals surface area contributed by atoms with Gasteiger partial charge < -0.3 is 11.1 Å². The van der Waals surface area contributed by atoms with E-state index in [0.717, 1.165) is 27.0 Å². The summed E-state index contributed by atoms with van der Waals surface area (Å²) in [5.41, 5.74) is 18.5. The number of nitrogens with two attached hydrogens (primary N) is 1. The first-order chi connectivity index (χ1) is 12.0. The van der Waals surface area contributed by atoms with E-state index in [2.05, 4.69) is 41.2 Å². The van der Waals surface area contributed by atoms with E-state index in [4.69, 9.17) is 11.3 Å². The van der Waals surface area contributed by atoms with Crippen LogP contribution in [0.3, 0.4) is 0 Å². The number of azide groups is 1. The lowest BCUT2D eigenvalue weighted by Gasteiger charge is -2.10. The SMILES string of the molecule is C.Cc1ccc(Br)cc1-c1cc(Nc2ccc(N=[N+]=[N-])cc2)nc(N)n1. The van der Waals surface area contributed by atoms with Crippen molar-refractivity contribution >= 4 is 39.1 Å². The highest BCUT2D eigenvalue weighted by Crippen LogP contribution is 2.28. The minimum atomic E-state index is 0. The van der Waals surface area contributed by atoms with E-state index in [1.807, 2.05) is 31.2 Å². The van der Waals surface area contributed by atoms with Crippen LogP contribution in [-0.2, 0) is 0 Å². The molecule has 1 heterocycles. The second-order valence-corrected chi connectivity index (χ2v) is 6.23. The lowest BCUT2D eigenvalue weighted by molar-refractivity contribution is 1.18. The number of nitrogens with one attached hydrogen (secondary N) is 1. The van der Waals surface area contributed by atoms with Crippen LogP contribution in [0, 0.1) is 6.92 Å². The molecule has 26 heavy (non-hydrogen) atoms. The molecule has 1 aromatic heterocycles. The third kappa shape index (κ3) is 4.50. The van der Waals surface area contributed by atoms with Gasteiger partial charge in [-0.1, -0.05) is 46.7 Å². The van der Waals surface area contributed by atoms with E-state index in [-0.39, 0.29) is 13.4 Å². The zero-order valence-corrected chi connectivity index (χ0v) is 14.9. The number of rotatable bonds is 4. The largest absolute Gasteiger partial charge is 0.368 e. The molecule has 7 nitrogen and oxygen atoms in total. The van der Waals surface area contributed by atoms with E-state index >= 15 is 0 Å². The Morgan fingerprint density at radius 2 is 1.85 bits per heavy atom. The van der Waals surface area contributed by atoms with Crippen LogP contribution < -0.4 is 11.1 Å². The van der Waals surface area contributed by atoms with Crippen molar-refractivity contribution in [2.24, 2.45) is 5.11 Å². The average Bonchev–Trinajstić information content (AvgIpc) is 2.58. The molecule has 2 aromatic carbocycles. The molecule has 0 fully saturated rings. The van der Waals surface area contributed by atoms with Gasteiger partial charge in [-0.15, -0.1) is 0 Å². The first-order valence-corrected chi connectivity index (χ1v) is 8.18. The molecule has 0 saturated carbocycles. The Kier molecular flexibility index (Phi) is 6.16. The lowest BCUT2D eigenvalue weighted by Crippen LogP contribution is -2.02. The summed E-state index contributed by atoms with van der Waals surface area (Å²) >= 11 is 3.48. The van der Waals surface area contributed by atoms with Crippen molar-refractivity contribution in [3.63, 3.8) is 0 Å². The van der Waals surface area contributed by atoms with Crippen molar-refractivity contribution in [1.82, 2.24) is 9.97 Å². The minimum Gasteiger partial charge on any atom is -0.368 e. The number of halogens is 1. The Balaban J connectivity index is 0.00000243. The Morgan fingerprint density at radius 1 is 1.12 bits per heavy atom. The van der Waals surface area contributed by atoms with Crippen molar-refractivity contribution in [3.8, 4) is 11.3 Å². The number of anilines is 3. The van der Waals surface area contributed by atoms with Gasteiger partial charge in [-0.25, -0.2) is 4.98 Å². The molecule has 0 aliphatic heterocycles. The Hall–Kier alpha value is -3.09. The summed E-state index contributed by atoms with van der Waals surface area (Å²) in [6, 6.07) is 14.9. The van der Waals surface area contributed by atoms with Gasteiger partial charge in [0.25, 0.3) is 0 Å². The third-order valence-electron chi connectivity index (χ3n) is 3.52. The molecule has 3 aromatic rings. The molecular formula is C18H18BrN7. The number of hydrogen-bond acceptors (Lipinski definition) is 5. The zero-order chi connectivity index (χ0) is 17.8. The fourth-order valence-electron chi connectivity index (χ4n) is 2.35. The number of hydrogen-bond donors (Lipinski definition) is 2. The van der Waals surface area contributed by atoms with Gasteiger partial charge in [0.05, 0.1) is 5.69 Å². The van der Waals surface area contributed by atoms with Gasteiger partial charge in [-0.05, 0) is 42.3 Å². The Morgan fingerprint density at radius 3 is 2.54 bits per heavy atom. The topological polar surface area (TPSA) is 113 Å². The third-order valence-corrected chi connectivity index (χ3v) is 4.01. The molecular weight excluding hydrogens is 394 g/mol. The molecule has 3 N–H and O–H groups in total. The predicted molar refractivity (Wildman–Crippen MR) is 110 cm³/mol. The maximum atomic E-state index is 8.44. The highest BCUT2D eigenvalue weighted by atomic mass is 79.9. The Bertz CT molecular complexity index is 964. The summed E-state index contributed by atoms with van der Waals surface area (Å²) in [6.45, 7) is 2.02. The maximum Gasteiger partial charge on any atom is 0.222 e. The summed E-state index contributed by atoms with van der Waals surface area (Å²) in [5.74, 6) is 0.767. The van der Waals surface area contributed by atoms with Gasteiger partial charge in [0.15, 0.2) is 0 Å². The van der Waals surface area contributed by atoms with Crippen LogP contribution in [0.2, 0.25) is 0 Å². The molecule has 8 heteroatoms. The molecule has 0 amide bonds. The van der Waals surface area contributed by atoms with Gasteiger partial charge in [0, 0.05) is 32.4 Å². The van der Waals surface area contributed by atoms with E-state index in [9.17, 15) is 0 Å². The molecule has 132 valence electrons. The van der Waals surface area contributed by atoms with Crippen LogP contribution in [0.25, 0.3) is 21.7 Å². The first-order valence-electron chi connectivity index (χ1n) is 7.38. The van der Waals surface area contributed by atoms with Crippen molar-refractivity contribution in [2.75, 3.05) is 11.1 Å². The summed E-state index contributed by atoms with van der Waals surface area (Å²) < 4.78 is 0.966. The smallest absolute Gasteiger partial charge is 0.222 e. The van der Waals surface area contributed by atoms with Crippen molar-refractivity contribution in [3.05, 3.63) is 69.0 Å². The van der Waals surface area contributed by atoms with Crippen molar-refractivity contribution < 1.29 is 0 Å². The summed E-state index contributed by atoms with van der Waals surface area (Å²) in [7, 11) is 0. The second kappa shape index (κ2) is 8.33. The van der Waals surface area contributed by atoms with E-state index in [0.29, 0.717) is 11.5 Å². The number of nitrogens with zero attached hydrogens (tertiary/aromatic N) is 5. The molecule has 0 aliphatic carbocycles. The first kappa shape index (κ1) is 19.2. The van der Waals surface area contributed by atoms with E-state index in [1.165, 1.54) is 0 Å². The van der Waals surface area contributed by atoms with Crippen LogP contribution in [-0.4, -0.2) is 9.97 Å². The van der Waals surface area contributed by atoms with Crippen LogP contribution in [0.4, 0.5) is 23.1 Å². The predicted octanol–water partition coefficient (Wildman–Crippen LogP) is 6.12. The number of aromatic nitrogens is 2. The zero-order valence-electron chi connectivity index (χ0n) is 13.3. The van der Waals surface area contributed by atoms with Gasteiger partial charge in [-0.3, -0.25) is 0 Å². The van der Waals surface area contributed by atoms with Crippen LogP contribution in [0.5, 0.6) is 0 Å². The lowest BCUT2D eigenvalue weighted by atomic mass is 10.1. The molecule has 0 unspecified atom stereocenters. The second-order valence-electron chi connectivity index (χ2n) is 5.32. The van der Waals surface area contributed by atoms with Gasteiger partial charge in [0.1, 0.15) is 5.82 Å². The number of nitrogen functional groups attached to an aromatic ring is 1. The van der Waals surface area contributed by atoms with E-state index < -0.39 is 0 Å². The summed E-state index contributed by atoms with van der Waals surface area (Å²) in [6.07, 6.45) is 0. The van der Waals surface area contributed by atoms with Gasteiger partial charge in [0.2, 0.25) is 5.95 Å². The molecule has 3 rings (SSSR count). The monoisotopic (exact) mass is 411 g/mol. The van der Waals surface area contributed by atoms with Gasteiger partial charge >= 0.3 is 0 Å². The molecule has 0 radical (unpaired) electrons. The normalized spacial score (nSPS) is 9.77. The van der Waals surface area contributed by atoms with Crippen molar-refractivity contribution in [1.29, 1.82) is 0 Å².